The Morgan fingerprint density at radius 1 is 1.45 bits per heavy atom. The van der Waals surface area contributed by atoms with E-state index in [0.717, 1.165) is 24.8 Å². The first-order valence-electron chi connectivity index (χ1n) is 7.20. The van der Waals surface area contributed by atoms with Crippen LogP contribution in [0.15, 0.2) is 24.3 Å². The van der Waals surface area contributed by atoms with Gasteiger partial charge in [0.2, 0.25) is 0 Å². The molecule has 1 N–H and O–H groups in total. The third kappa shape index (κ3) is 4.25. The summed E-state index contributed by atoms with van der Waals surface area (Å²) < 4.78 is 4.76. The summed E-state index contributed by atoms with van der Waals surface area (Å²) in [6, 6.07) is 7.75. The second kappa shape index (κ2) is 7.70. The second-order valence-corrected chi connectivity index (χ2v) is 6.66. The van der Waals surface area contributed by atoms with E-state index in [-0.39, 0.29) is 5.97 Å². The maximum absolute atomic E-state index is 11.5. The van der Waals surface area contributed by atoms with Crippen LogP contribution in [0.5, 0.6) is 0 Å². The van der Waals surface area contributed by atoms with Gasteiger partial charge < -0.3 is 10.1 Å². The van der Waals surface area contributed by atoms with Gasteiger partial charge in [0.15, 0.2) is 0 Å². The topological polar surface area (TPSA) is 38.3 Å². The molecule has 0 radical (unpaired) electrons. The molecule has 1 aliphatic heterocycles. The van der Waals surface area contributed by atoms with Gasteiger partial charge in [0.05, 0.1) is 12.7 Å². The van der Waals surface area contributed by atoms with Gasteiger partial charge in [0.1, 0.15) is 0 Å². The van der Waals surface area contributed by atoms with Crippen molar-refractivity contribution in [2.45, 2.75) is 30.8 Å². The van der Waals surface area contributed by atoms with Crippen LogP contribution in [0.2, 0.25) is 0 Å². The van der Waals surface area contributed by atoms with Crippen LogP contribution in [0.4, 0.5) is 0 Å². The standard InChI is InChI=1S/C16H23NO2S/c1-12(14-6-8-17-9-7-14)20-11-13-4-3-5-15(10-13)16(18)19-2/h3-5,10,12,14,17H,6-9,11H2,1-2H3. The molecular weight excluding hydrogens is 270 g/mol. The van der Waals surface area contributed by atoms with Crippen LogP contribution in [0.1, 0.15) is 35.7 Å². The lowest BCUT2D eigenvalue weighted by Gasteiger charge is -2.27. The molecule has 20 heavy (non-hydrogen) atoms. The summed E-state index contributed by atoms with van der Waals surface area (Å²) in [4.78, 5) is 11.5. The Labute approximate surface area is 125 Å². The molecule has 1 saturated heterocycles. The van der Waals surface area contributed by atoms with Gasteiger partial charge in [-0.15, -0.1) is 0 Å². The molecule has 1 atom stereocenters. The molecule has 1 heterocycles. The molecule has 0 aliphatic carbocycles. The number of piperidine rings is 1. The molecule has 4 heteroatoms. The van der Waals surface area contributed by atoms with E-state index in [2.05, 4.69) is 18.3 Å². The Morgan fingerprint density at radius 3 is 2.90 bits per heavy atom. The average molecular weight is 293 g/mol. The van der Waals surface area contributed by atoms with Gasteiger partial charge in [-0.05, 0) is 49.5 Å². The third-order valence-corrected chi connectivity index (χ3v) is 5.32. The van der Waals surface area contributed by atoms with Gasteiger partial charge in [-0.2, -0.15) is 11.8 Å². The molecule has 2 rings (SSSR count). The van der Waals surface area contributed by atoms with Gasteiger partial charge in [-0.25, -0.2) is 4.79 Å². The highest BCUT2D eigenvalue weighted by Crippen LogP contribution is 2.29. The van der Waals surface area contributed by atoms with Crippen LogP contribution < -0.4 is 5.32 Å². The molecule has 1 unspecified atom stereocenters. The maximum atomic E-state index is 11.5. The Morgan fingerprint density at radius 2 is 2.20 bits per heavy atom. The van der Waals surface area contributed by atoms with Crippen LogP contribution in [0, 0.1) is 5.92 Å². The average Bonchev–Trinajstić information content (AvgIpc) is 2.53. The van der Waals surface area contributed by atoms with Crippen LogP contribution in [-0.4, -0.2) is 31.4 Å². The molecule has 0 saturated carbocycles. The zero-order valence-corrected chi connectivity index (χ0v) is 13.0. The van der Waals surface area contributed by atoms with Gasteiger partial charge in [0.25, 0.3) is 0 Å². The Kier molecular flexibility index (Phi) is 5.92. The predicted molar refractivity (Wildman–Crippen MR) is 84.1 cm³/mol. The fourth-order valence-corrected chi connectivity index (χ4v) is 3.76. The van der Waals surface area contributed by atoms with E-state index in [4.69, 9.17) is 4.74 Å². The largest absolute Gasteiger partial charge is 0.465 e. The zero-order valence-electron chi connectivity index (χ0n) is 12.2. The van der Waals surface area contributed by atoms with Gasteiger partial charge in [0, 0.05) is 11.0 Å². The highest BCUT2D eigenvalue weighted by molar-refractivity contribution is 7.99. The molecule has 0 spiro atoms. The minimum atomic E-state index is -0.261. The molecule has 1 aliphatic rings. The van der Waals surface area contributed by atoms with Crippen molar-refractivity contribution < 1.29 is 9.53 Å². The fraction of sp³-hybridized carbons (Fsp3) is 0.562. The summed E-state index contributed by atoms with van der Waals surface area (Å²) in [7, 11) is 1.42. The molecule has 0 amide bonds. The smallest absolute Gasteiger partial charge is 0.337 e. The fourth-order valence-electron chi connectivity index (χ4n) is 2.58. The van der Waals surface area contributed by atoms with Gasteiger partial charge in [-0.1, -0.05) is 19.1 Å². The number of benzene rings is 1. The van der Waals surface area contributed by atoms with Crippen LogP contribution in [-0.2, 0) is 10.5 Å². The summed E-state index contributed by atoms with van der Waals surface area (Å²) in [5.74, 6) is 1.50. The van der Waals surface area contributed by atoms with Crippen molar-refractivity contribution in [1.82, 2.24) is 5.32 Å². The molecule has 0 bridgehead atoms. The van der Waals surface area contributed by atoms with Crippen molar-refractivity contribution in [2.24, 2.45) is 5.92 Å². The SMILES string of the molecule is COC(=O)c1cccc(CSC(C)C2CCNCC2)c1. The van der Waals surface area contributed by atoms with Crippen molar-refractivity contribution in [2.75, 3.05) is 20.2 Å². The maximum Gasteiger partial charge on any atom is 0.337 e. The van der Waals surface area contributed by atoms with E-state index < -0.39 is 0 Å². The Bertz CT molecular complexity index is 444. The highest BCUT2D eigenvalue weighted by Gasteiger charge is 2.20. The summed E-state index contributed by atoms with van der Waals surface area (Å²) in [6.07, 6.45) is 2.55. The van der Waals surface area contributed by atoms with E-state index in [1.54, 1.807) is 6.07 Å². The van der Waals surface area contributed by atoms with E-state index in [1.165, 1.54) is 25.5 Å². The van der Waals surface area contributed by atoms with Crippen molar-refractivity contribution in [3.05, 3.63) is 35.4 Å². The lowest BCUT2D eigenvalue weighted by atomic mass is 9.95. The van der Waals surface area contributed by atoms with Crippen molar-refractivity contribution in [3.63, 3.8) is 0 Å². The molecule has 1 fully saturated rings. The van der Waals surface area contributed by atoms with E-state index >= 15 is 0 Å². The number of methoxy groups -OCH3 is 1. The number of hydrogen-bond donors (Lipinski definition) is 1. The molecule has 0 aromatic heterocycles. The third-order valence-electron chi connectivity index (χ3n) is 3.91. The minimum absolute atomic E-state index is 0.261. The van der Waals surface area contributed by atoms with E-state index in [0.29, 0.717) is 10.8 Å². The quantitative estimate of drug-likeness (QED) is 0.847. The number of hydrogen-bond acceptors (Lipinski definition) is 4. The first-order valence-corrected chi connectivity index (χ1v) is 8.25. The second-order valence-electron chi connectivity index (χ2n) is 5.30. The van der Waals surface area contributed by atoms with Crippen LogP contribution >= 0.6 is 11.8 Å². The minimum Gasteiger partial charge on any atom is -0.465 e. The number of rotatable bonds is 5. The lowest BCUT2D eigenvalue weighted by molar-refractivity contribution is 0.0600. The Balaban J connectivity index is 1.88. The van der Waals surface area contributed by atoms with E-state index in [1.807, 2.05) is 23.9 Å². The van der Waals surface area contributed by atoms with Gasteiger partial charge in [-0.3, -0.25) is 0 Å². The van der Waals surface area contributed by atoms with Crippen LogP contribution in [0.25, 0.3) is 0 Å². The van der Waals surface area contributed by atoms with Crippen molar-refractivity contribution in [3.8, 4) is 0 Å². The number of esters is 1. The van der Waals surface area contributed by atoms with Crippen molar-refractivity contribution >= 4 is 17.7 Å². The highest BCUT2D eigenvalue weighted by atomic mass is 32.2. The summed E-state index contributed by atoms with van der Waals surface area (Å²) in [6.45, 7) is 4.62. The lowest BCUT2D eigenvalue weighted by Crippen LogP contribution is -2.31. The molecular formula is C16H23NO2S. The van der Waals surface area contributed by atoms with E-state index in [9.17, 15) is 4.79 Å². The predicted octanol–water partition coefficient (Wildman–Crippen LogP) is 3.09. The summed E-state index contributed by atoms with van der Waals surface area (Å²) in [5, 5.41) is 4.07. The number of carbonyl (C=O) groups is 1. The Hall–Kier alpha value is -1.00. The zero-order chi connectivity index (χ0) is 14.4. The number of thioether (sulfide) groups is 1. The first kappa shape index (κ1) is 15.4. The molecule has 110 valence electrons. The van der Waals surface area contributed by atoms with Gasteiger partial charge >= 0.3 is 5.97 Å². The number of carbonyl (C=O) groups excluding carboxylic acids is 1. The first-order chi connectivity index (χ1) is 9.70. The summed E-state index contributed by atoms with van der Waals surface area (Å²) >= 11 is 1.98. The van der Waals surface area contributed by atoms with Crippen LogP contribution in [0.3, 0.4) is 0 Å². The normalized spacial score (nSPS) is 17.7. The molecule has 3 nitrogen and oxygen atoms in total. The monoisotopic (exact) mass is 293 g/mol. The number of ether oxygens (including phenoxy) is 1. The molecule has 1 aromatic carbocycles. The summed E-state index contributed by atoms with van der Waals surface area (Å²) in [5.41, 5.74) is 1.83. The van der Waals surface area contributed by atoms with Crippen molar-refractivity contribution in [1.29, 1.82) is 0 Å². The molecule has 1 aromatic rings. The number of nitrogens with one attached hydrogen (secondary N) is 1.